The van der Waals surface area contributed by atoms with Crippen molar-refractivity contribution >= 4 is 0 Å². The van der Waals surface area contributed by atoms with E-state index in [1.54, 1.807) is 0 Å². The highest BCUT2D eigenvalue weighted by Gasteiger charge is 2.40. The van der Waals surface area contributed by atoms with Crippen molar-refractivity contribution in [2.45, 2.75) is 18.6 Å². The van der Waals surface area contributed by atoms with E-state index in [1.165, 1.54) is 6.92 Å². The van der Waals surface area contributed by atoms with Gasteiger partial charge in [-0.2, -0.15) is 0 Å². The zero-order valence-electron chi connectivity index (χ0n) is 7.28. The molecule has 76 valence electrons. The molecule has 14 heavy (non-hydrogen) atoms. The Bertz CT molecular complexity index is 348. The molecule has 0 bridgehead atoms. The zero-order chi connectivity index (χ0) is 10.9. The SMILES string of the molecule is CC1([N+](=O)[O-])C=CC(O)C([N+](=O)[O-])=C1. The molecule has 1 N–H and O–H groups in total. The predicted molar refractivity (Wildman–Crippen MR) is 45.6 cm³/mol. The monoisotopic (exact) mass is 200 g/mol. The minimum Gasteiger partial charge on any atom is -0.378 e. The number of nitrogens with zero attached hydrogens (tertiary/aromatic N) is 2. The Morgan fingerprint density at radius 1 is 1.50 bits per heavy atom. The number of aliphatic hydroxyl groups excluding tert-OH is 1. The number of hydrogen-bond donors (Lipinski definition) is 1. The van der Waals surface area contributed by atoms with Crippen LogP contribution in [0, 0.1) is 20.2 Å². The van der Waals surface area contributed by atoms with Gasteiger partial charge in [-0.1, -0.05) is 0 Å². The lowest BCUT2D eigenvalue weighted by Crippen LogP contribution is -2.35. The maximum atomic E-state index is 10.6. The molecule has 2 unspecified atom stereocenters. The van der Waals surface area contributed by atoms with E-state index in [9.17, 15) is 20.2 Å². The maximum Gasteiger partial charge on any atom is 0.281 e. The molecule has 0 fully saturated rings. The molecule has 0 aromatic carbocycles. The fraction of sp³-hybridized carbons (Fsp3) is 0.429. The lowest BCUT2D eigenvalue weighted by Gasteiger charge is -2.17. The summed E-state index contributed by atoms with van der Waals surface area (Å²) >= 11 is 0. The summed E-state index contributed by atoms with van der Waals surface area (Å²) in [6.07, 6.45) is 1.64. The van der Waals surface area contributed by atoms with Gasteiger partial charge >= 0.3 is 0 Å². The van der Waals surface area contributed by atoms with Gasteiger partial charge in [0.25, 0.3) is 11.2 Å². The van der Waals surface area contributed by atoms with Gasteiger partial charge in [0.1, 0.15) is 0 Å². The third kappa shape index (κ3) is 1.62. The number of rotatable bonds is 2. The third-order valence-corrected chi connectivity index (χ3v) is 1.96. The Hall–Kier alpha value is -1.76. The van der Waals surface area contributed by atoms with E-state index in [-0.39, 0.29) is 0 Å². The first kappa shape index (κ1) is 10.3. The van der Waals surface area contributed by atoms with Crippen molar-refractivity contribution in [2.75, 3.05) is 0 Å². The molecule has 0 radical (unpaired) electrons. The van der Waals surface area contributed by atoms with Gasteiger partial charge < -0.3 is 5.11 Å². The van der Waals surface area contributed by atoms with Crippen LogP contribution in [0.25, 0.3) is 0 Å². The van der Waals surface area contributed by atoms with Crippen molar-refractivity contribution in [1.82, 2.24) is 0 Å². The van der Waals surface area contributed by atoms with Gasteiger partial charge in [0.2, 0.25) is 0 Å². The van der Waals surface area contributed by atoms with Crippen LogP contribution >= 0.6 is 0 Å². The van der Waals surface area contributed by atoms with Crippen LogP contribution < -0.4 is 0 Å². The van der Waals surface area contributed by atoms with Crippen molar-refractivity contribution in [3.63, 3.8) is 0 Å². The van der Waals surface area contributed by atoms with Crippen LogP contribution in [-0.4, -0.2) is 26.6 Å². The van der Waals surface area contributed by atoms with E-state index < -0.39 is 27.2 Å². The van der Waals surface area contributed by atoms with Crippen LogP contribution in [0.2, 0.25) is 0 Å². The summed E-state index contributed by atoms with van der Waals surface area (Å²) in [6.45, 7) is 1.22. The fourth-order valence-corrected chi connectivity index (χ4v) is 1.09. The summed E-state index contributed by atoms with van der Waals surface area (Å²) in [5.41, 5.74) is -2.17. The van der Waals surface area contributed by atoms with E-state index >= 15 is 0 Å². The molecule has 1 aliphatic rings. The van der Waals surface area contributed by atoms with Crippen LogP contribution in [0.5, 0.6) is 0 Å². The molecule has 7 heteroatoms. The van der Waals surface area contributed by atoms with Gasteiger partial charge in [-0.15, -0.1) is 0 Å². The van der Waals surface area contributed by atoms with Gasteiger partial charge in [0.15, 0.2) is 6.10 Å². The lowest BCUT2D eigenvalue weighted by molar-refractivity contribution is -0.539. The molecule has 1 rings (SSSR count). The lowest BCUT2D eigenvalue weighted by atomic mass is 9.94. The van der Waals surface area contributed by atoms with Crippen molar-refractivity contribution in [3.05, 3.63) is 44.2 Å². The summed E-state index contributed by atoms with van der Waals surface area (Å²) in [4.78, 5) is 19.5. The van der Waals surface area contributed by atoms with E-state index in [0.29, 0.717) is 0 Å². The van der Waals surface area contributed by atoms with Crippen LogP contribution in [0.4, 0.5) is 0 Å². The average Bonchev–Trinajstić information content (AvgIpc) is 2.09. The Morgan fingerprint density at radius 3 is 2.50 bits per heavy atom. The summed E-state index contributed by atoms with van der Waals surface area (Å²) in [5.74, 6) is 0. The Balaban J connectivity index is 3.13. The molecule has 0 amide bonds. The smallest absolute Gasteiger partial charge is 0.281 e. The normalized spacial score (nSPS) is 31.0. The Kier molecular flexibility index (Phi) is 2.35. The van der Waals surface area contributed by atoms with Crippen molar-refractivity contribution in [3.8, 4) is 0 Å². The Labute approximate surface area is 78.6 Å². The first-order chi connectivity index (χ1) is 6.37. The highest BCUT2D eigenvalue weighted by atomic mass is 16.6. The molecular formula is C7H8N2O5. The van der Waals surface area contributed by atoms with Crippen molar-refractivity contribution in [2.24, 2.45) is 0 Å². The summed E-state index contributed by atoms with van der Waals surface area (Å²) in [7, 11) is 0. The fourth-order valence-electron chi connectivity index (χ4n) is 1.09. The predicted octanol–water partition coefficient (Wildman–Crippen LogP) is 0.113. The Morgan fingerprint density at radius 2 is 2.07 bits per heavy atom. The standard InChI is InChI=1S/C7H8N2O5/c1-7(9(13)14)3-2-6(10)5(4-7)8(11)12/h2-4,6,10H,1H3. The van der Waals surface area contributed by atoms with Gasteiger partial charge in [-0.3, -0.25) is 20.2 Å². The summed E-state index contributed by atoms with van der Waals surface area (Å²) in [6, 6.07) is 0. The topological polar surface area (TPSA) is 107 Å². The molecular weight excluding hydrogens is 192 g/mol. The number of nitro groups is 2. The van der Waals surface area contributed by atoms with E-state index in [1.807, 2.05) is 0 Å². The maximum absolute atomic E-state index is 10.6. The number of aliphatic hydroxyl groups is 1. The first-order valence-electron chi connectivity index (χ1n) is 3.76. The molecule has 0 aromatic heterocycles. The molecule has 0 aliphatic heterocycles. The first-order valence-corrected chi connectivity index (χ1v) is 3.76. The van der Waals surface area contributed by atoms with E-state index in [2.05, 4.69) is 0 Å². The van der Waals surface area contributed by atoms with Crippen molar-refractivity contribution < 1.29 is 15.0 Å². The molecule has 7 nitrogen and oxygen atoms in total. The van der Waals surface area contributed by atoms with Gasteiger partial charge in [0, 0.05) is 11.8 Å². The van der Waals surface area contributed by atoms with Gasteiger partial charge in [-0.05, 0) is 12.2 Å². The van der Waals surface area contributed by atoms with E-state index in [0.717, 1.165) is 18.2 Å². The molecule has 0 aromatic rings. The van der Waals surface area contributed by atoms with Crippen LogP contribution in [0.1, 0.15) is 6.92 Å². The second kappa shape index (κ2) is 3.18. The van der Waals surface area contributed by atoms with Crippen LogP contribution in [0.3, 0.4) is 0 Å². The minimum atomic E-state index is -1.61. The largest absolute Gasteiger partial charge is 0.378 e. The summed E-state index contributed by atoms with van der Waals surface area (Å²) in [5, 5.41) is 30.1. The molecule has 0 heterocycles. The van der Waals surface area contributed by atoms with Gasteiger partial charge in [0.05, 0.1) is 11.0 Å². The van der Waals surface area contributed by atoms with E-state index in [4.69, 9.17) is 5.11 Å². The van der Waals surface area contributed by atoms with Crippen molar-refractivity contribution in [1.29, 1.82) is 0 Å². The quantitative estimate of drug-likeness (QED) is 0.387. The molecule has 2 atom stereocenters. The average molecular weight is 200 g/mol. The molecule has 0 spiro atoms. The minimum absolute atomic E-state index is 0.563. The van der Waals surface area contributed by atoms with Crippen LogP contribution in [0.15, 0.2) is 23.9 Å². The zero-order valence-corrected chi connectivity index (χ0v) is 7.28. The third-order valence-electron chi connectivity index (χ3n) is 1.96. The summed E-state index contributed by atoms with van der Waals surface area (Å²) < 4.78 is 0. The molecule has 0 saturated carbocycles. The van der Waals surface area contributed by atoms with Crippen LogP contribution in [-0.2, 0) is 0 Å². The second-order valence-electron chi connectivity index (χ2n) is 3.11. The highest BCUT2D eigenvalue weighted by molar-refractivity contribution is 5.25. The molecule has 0 saturated heterocycles. The highest BCUT2D eigenvalue weighted by Crippen LogP contribution is 2.23. The number of hydrogen-bond acceptors (Lipinski definition) is 5. The molecule has 1 aliphatic carbocycles. The van der Waals surface area contributed by atoms with Gasteiger partial charge in [-0.25, -0.2) is 0 Å². The second-order valence-corrected chi connectivity index (χ2v) is 3.11.